The zero-order valence-electron chi connectivity index (χ0n) is 13.2. The zero-order valence-corrected chi connectivity index (χ0v) is 13.2. The minimum absolute atomic E-state index is 0.0638. The van der Waals surface area contributed by atoms with Gasteiger partial charge in [0, 0.05) is 24.7 Å². The molecule has 19 heavy (non-hydrogen) atoms. The molecule has 1 aliphatic rings. The molecule has 0 spiro atoms. The lowest BCUT2D eigenvalue weighted by Gasteiger charge is -2.36. The Kier molecular flexibility index (Phi) is 6.80. The first kappa shape index (κ1) is 16.4. The second kappa shape index (κ2) is 7.85. The second-order valence-electron chi connectivity index (χ2n) is 6.28. The predicted molar refractivity (Wildman–Crippen MR) is 80.2 cm³/mol. The van der Waals surface area contributed by atoms with Gasteiger partial charge in [-0.15, -0.1) is 0 Å². The van der Waals surface area contributed by atoms with Crippen LogP contribution in [0.1, 0.15) is 53.9 Å². The fourth-order valence-electron chi connectivity index (χ4n) is 2.71. The quantitative estimate of drug-likeness (QED) is 0.772. The fraction of sp³-hybridized carbons (Fsp3) is 0.933. The van der Waals surface area contributed by atoms with Gasteiger partial charge < -0.3 is 10.6 Å². The van der Waals surface area contributed by atoms with Gasteiger partial charge in [-0.2, -0.15) is 0 Å². The van der Waals surface area contributed by atoms with Gasteiger partial charge in [0.15, 0.2) is 0 Å². The fourth-order valence-corrected chi connectivity index (χ4v) is 2.71. The van der Waals surface area contributed by atoms with Crippen molar-refractivity contribution in [3.8, 4) is 0 Å². The molecule has 2 unspecified atom stereocenters. The van der Waals surface area contributed by atoms with E-state index in [-0.39, 0.29) is 18.0 Å². The van der Waals surface area contributed by atoms with Crippen molar-refractivity contribution in [2.45, 2.75) is 78.0 Å². The molecule has 1 heterocycles. The topological polar surface area (TPSA) is 44.4 Å². The van der Waals surface area contributed by atoms with E-state index in [1.54, 1.807) is 0 Å². The summed E-state index contributed by atoms with van der Waals surface area (Å²) < 4.78 is 0. The summed E-state index contributed by atoms with van der Waals surface area (Å²) in [6, 6.07) is 1.06. The van der Waals surface area contributed by atoms with E-state index in [0.29, 0.717) is 12.1 Å². The summed E-state index contributed by atoms with van der Waals surface area (Å²) in [5.41, 5.74) is 0. The highest BCUT2D eigenvalue weighted by Gasteiger charge is 2.27. The molecule has 1 amide bonds. The molecule has 0 aromatic carbocycles. The lowest BCUT2D eigenvalue weighted by molar-refractivity contribution is -0.127. The van der Waals surface area contributed by atoms with Gasteiger partial charge in [-0.25, -0.2) is 0 Å². The Hall–Kier alpha value is -0.610. The summed E-state index contributed by atoms with van der Waals surface area (Å²) in [5, 5.41) is 6.58. The van der Waals surface area contributed by atoms with Crippen molar-refractivity contribution in [1.29, 1.82) is 0 Å². The van der Waals surface area contributed by atoms with Gasteiger partial charge in [0.25, 0.3) is 0 Å². The summed E-state index contributed by atoms with van der Waals surface area (Å²) in [6.07, 6.45) is 3.81. The first-order valence-electron chi connectivity index (χ1n) is 7.71. The van der Waals surface area contributed by atoms with E-state index in [4.69, 9.17) is 0 Å². The van der Waals surface area contributed by atoms with Gasteiger partial charge in [0.1, 0.15) is 0 Å². The van der Waals surface area contributed by atoms with Gasteiger partial charge in [-0.1, -0.05) is 6.42 Å². The van der Waals surface area contributed by atoms with E-state index in [1.165, 1.54) is 19.3 Å². The van der Waals surface area contributed by atoms with Crippen LogP contribution in [0.2, 0.25) is 0 Å². The van der Waals surface area contributed by atoms with Crippen molar-refractivity contribution >= 4 is 5.91 Å². The first-order chi connectivity index (χ1) is 8.91. The molecule has 0 radical (unpaired) electrons. The number of carbonyl (C=O) groups excluding carboxylic acids is 1. The van der Waals surface area contributed by atoms with Crippen LogP contribution in [0.5, 0.6) is 0 Å². The van der Waals surface area contributed by atoms with Crippen molar-refractivity contribution in [2.24, 2.45) is 0 Å². The number of carbonyl (C=O) groups is 1. The molecule has 1 saturated heterocycles. The molecule has 0 aromatic heterocycles. The maximum Gasteiger partial charge on any atom is 0.237 e. The number of hydrogen-bond donors (Lipinski definition) is 2. The summed E-state index contributed by atoms with van der Waals surface area (Å²) in [6.45, 7) is 12.4. The Morgan fingerprint density at radius 1 is 1.26 bits per heavy atom. The van der Waals surface area contributed by atoms with Crippen molar-refractivity contribution in [3.63, 3.8) is 0 Å². The SMILES string of the molecule is CC(C)NC(=O)C(C)N(CC1CCCCN1)C(C)C. The van der Waals surface area contributed by atoms with Crippen molar-refractivity contribution in [1.82, 2.24) is 15.5 Å². The normalized spacial score (nSPS) is 22.0. The number of amides is 1. The number of rotatable bonds is 6. The third-order valence-electron chi connectivity index (χ3n) is 3.81. The largest absolute Gasteiger partial charge is 0.353 e. The number of piperidine rings is 1. The predicted octanol–water partition coefficient (Wildman–Crippen LogP) is 1.75. The van der Waals surface area contributed by atoms with Crippen LogP contribution >= 0.6 is 0 Å². The molecular weight excluding hydrogens is 238 g/mol. The number of hydrogen-bond acceptors (Lipinski definition) is 3. The third-order valence-corrected chi connectivity index (χ3v) is 3.81. The van der Waals surface area contributed by atoms with Crippen molar-refractivity contribution in [3.05, 3.63) is 0 Å². The Morgan fingerprint density at radius 2 is 1.95 bits per heavy atom. The summed E-state index contributed by atoms with van der Waals surface area (Å²) in [7, 11) is 0. The zero-order chi connectivity index (χ0) is 14.4. The molecule has 0 bridgehead atoms. The van der Waals surface area contributed by atoms with Crippen LogP contribution in [0.3, 0.4) is 0 Å². The van der Waals surface area contributed by atoms with Crippen molar-refractivity contribution < 1.29 is 4.79 Å². The van der Waals surface area contributed by atoms with E-state index in [2.05, 4.69) is 29.4 Å². The number of nitrogens with one attached hydrogen (secondary N) is 2. The van der Waals surface area contributed by atoms with E-state index in [0.717, 1.165) is 13.1 Å². The average molecular weight is 269 g/mol. The molecule has 0 aliphatic carbocycles. The molecule has 0 saturated carbocycles. The maximum absolute atomic E-state index is 12.2. The van der Waals surface area contributed by atoms with Crippen LogP contribution in [-0.2, 0) is 4.79 Å². The molecule has 2 N–H and O–H groups in total. The van der Waals surface area contributed by atoms with Gasteiger partial charge in [0.05, 0.1) is 6.04 Å². The molecule has 112 valence electrons. The van der Waals surface area contributed by atoms with Gasteiger partial charge in [-0.05, 0) is 54.0 Å². The summed E-state index contributed by atoms with van der Waals surface area (Å²) in [4.78, 5) is 14.5. The number of nitrogens with zero attached hydrogens (tertiary/aromatic N) is 1. The molecule has 1 rings (SSSR count). The third kappa shape index (κ3) is 5.49. The molecule has 2 atom stereocenters. The van der Waals surface area contributed by atoms with Gasteiger partial charge in [0.2, 0.25) is 5.91 Å². The smallest absolute Gasteiger partial charge is 0.237 e. The van der Waals surface area contributed by atoms with Crippen LogP contribution in [0.15, 0.2) is 0 Å². The van der Waals surface area contributed by atoms with Crippen LogP contribution in [0, 0.1) is 0 Å². The Balaban J connectivity index is 2.57. The monoisotopic (exact) mass is 269 g/mol. The standard InChI is InChI=1S/C15H31N3O/c1-11(2)17-15(19)13(5)18(12(3)4)10-14-8-6-7-9-16-14/h11-14,16H,6-10H2,1-5H3,(H,17,19). The van der Waals surface area contributed by atoms with Crippen LogP contribution < -0.4 is 10.6 Å². The van der Waals surface area contributed by atoms with Gasteiger partial charge >= 0.3 is 0 Å². The second-order valence-corrected chi connectivity index (χ2v) is 6.28. The maximum atomic E-state index is 12.2. The molecule has 1 aliphatic heterocycles. The highest BCUT2D eigenvalue weighted by Crippen LogP contribution is 2.13. The van der Waals surface area contributed by atoms with E-state index in [1.807, 2.05) is 20.8 Å². The molecular formula is C15H31N3O. The minimum atomic E-state index is -0.0638. The van der Waals surface area contributed by atoms with E-state index < -0.39 is 0 Å². The molecule has 4 heteroatoms. The first-order valence-corrected chi connectivity index (χ1v) is 7.71. The average Bonchev–Trinajstić information content (AvgIpc) is 2.35. The molecule has 4 nitrogen and oxygen atoms in total. The van der Waals surface area contributed by atoms with Gasteiger partial charge in [-0.3, -0.25) is 9.69 Å². The molecule has 1 fully saturated rings. The lowest BCUT2D eigenvalue weighted by atomic mass is 10.0. The van der Waals surface area contributed by atoms with E-state index >= 15 is 0 Å². The highest BCUT2D eigenvalue weighted by molar-refractivity contribution is 5.81. The van der Waals surface area contributed by atoms with Crippen LogP contribution in [-0.4, -0.2) is 48.1 Å². The Bertz CT molecular complexity index is 273. The highest BCUT2D eigenvalue weighted by atomic mass is 16.2. The molecule has 0 aromatic rings. The van der Waals surface area contributed by atoms with E-state index in [9.17, 15) is 4.79 Å². The summed E-state index contributed by atoms with van der Waals surface area (Å²) >= 11 is 0. The van der Waals surface area contributed by atoms with Crippen LogP contribution in [0.25, 0.3) is 0 Å². The summed E-state index contributed by atoms with van der Waals surface area (Å²) in [5.74, 6) is 0.138. The Morgan fingerprint density at radius 3 is 2.42 bits per heavy atom. The lowest BCUT2D eigenvalue weighted by Crippen LogP contribution is -2.54. The van der Waals surface area contributed by atoms with Crippen LogP contribution in [0.4, 0.5) is 0 Å². The Labute approximate surface area is 118 Å². The van der Waals surface area contributed by atoms with Crippen molar-refractivity contribution in [2.75, 3.05) is 13.1 Å². The minimum Gasteiger partial charge on any atom is -0.353 e.